The topological polar surface area (TPSA) is 63.7 Å². The Balaban J connectivity index is 1.86. The number of sulfonamides is 1. The highest BCUT2D eigenvalue weighted by Gasteiger charge is 2.29. The minimum atomic E-state index is -3.60. The van der Waals surface area contributed by atoms with Crippen molar-refractivity contribution in [3.8, 4) is 0 Å². The first-order valence-corrected chi connectivity index (χ1v) is 9.51. The summed E-state index contributed by atoms with van der Waals surface area (Å²) in [5, 5.41) is 0. The maximum Gasteiger partial charge on any atom is 0.337 e. The molecular weight excluding hydrogens is 358 g/mol. The van der Waals surface area contributed by atoms with Crippen LogP contribution in [0.25, 0.3) is 0 Å². The van der Waals surface area contributed by atoms with Crippen molar-refractivity contribution in [2.45, 2.75) is 17.9 Å². The number of hydrogen-bond donors (Lipinski definition) is 0. The van der Waals surface area contributed by atoms with Crippen LogP contribution >= 0.6 is 22.9 Å². The molecule has 122 valence electrons. The van der Waals surface area contributed by atoms with Crippen LogP contribution in [-0.2, 0) is 27.7 Å². The molecule has 1 aliphatic heterocycles. The molecule has 2 aromatic rings. The third-order valence-electron chi connectivity index (χ3n) is 3.71. The summed E-state index contributed by atoms with van der Waals surface area (Å²) in [5.41, 5.74) is 1.28. The van der Waals surface area contributed by atoms with Crippen LogP contribution in [0.1, 0.15) is 20.8 Å². The second-order valence-electron chi connectivity index (χ2n) is 5.10. The Morgan fingerprint density at radius 3 is 2.65 bits per heavy atom. The minimum absolute atomic E-state index is 0.162. The molecule has 0 aliphatic carbocycles. The first-order chi connectivity index (χ1) is 10.9. The van der Waals surface area contributed by atoms with Crippen molar-refractivity contribution in [3.05, 3.63) is 50.7 Å². The van der Waals surface area contributed by atoms with E-state index in [2.05, 4.69) is 4.74 Å². The van der Waals surface area contributed by atoms with Crippen LogP contribution in [-0.4, -0.2) is 32.3 Å². The summed E-state index contributed by atoms with van der Waals surface area (Å²) in [6.07, 6.45) is 0.659. The summed E-state index contributed by atoms with van der Waals surface area (Å²) in [7, 11) is -2.32. The van der Waals surface area contributed by atoms with Gasteiger partial charge in [-0.2, -0.15) is 4.31 Å². The Hall–Kier alpha value is -1.41. The first-order valence-electron chi connectivity index (χ1n) is 6.87. The highest BCUT2D eigenvalue weighted by Crippen LogP contribution is 2.33. The minimum Gasteiger partial charge on any atom is -0.465 e. The fraction of sp³-hybridized carbons (Fsp3) is 0.267. The van der Waals surface area contributed by atoms with E-state index < -0.39 is 16.0 Å². The van der Waals surface area contributed by atoms with E-state index in [0.717, 1.165) is 10.4 Å². The molecule has 0 unspecified atom stereocenters. The van der Waals surface area contributed by atoms with Gasteiger partial charge in [0.2, 0.25) is 10.0 Å². The highest BCUT2D eigenvalue weighted by molar-refractivity contribution is 7.89. The molecule has 5 nitrogen and oxygen atoms in total. The van der Waals surface area contributed by atoms with Crippen LogP contribution in [0, 0.1) is 0 Å². The van der Waals surface area contributed by atoms with E-state index in [1.807, 2.05) is 6.07 Å². The molecule has 23 heavy (non-hydrogen) atoms. The van der Waals surface area contributed by atoms with Gasteiger partial charge in [-0.1, -0.05) is 11.6 Å². The van der Waals surface area contributed by atoms with Gasteiger partial charge in [0.15, 0.2) is 0 Å². The summed E-state index contributed by atoms with van der Waals surface area (Å²) >= 11 is 7.50. The number of thiophene rings is 1. The van der Waals surface area contributed by atoms with Gasteiger partial charge in [-0.3, -0.25) is 0 Å². The molecular formula is C15H14ClNO4S2. The molecule has 0 atom stereocenters. The van der Waals surface area contributed by atoms with Crippen LogP contribution in [0.15, 0.2) is 35.2 Å². The molecule has 0 amide bonds. The second-order valence-corrected chi connectivity index (χ2v) is 8.81. The Morgan fingerprint density at radius 2 is 2.00 bits per heavy atom. The molecule has 1 aliphatic rings. The summed E-state index contributed by atoms with van der Waals surface area (Å²) in [5.74, 6) is -0.496. The van der Waals surface area contributed by atoms with Gasteiger partial charge < -0.3 is 4.74 Å². The summed E-state index contributed by atoms with van der Waals surface area (Å²) in [6.45, 7) is 0.741. The van der Waals surface area contributed by atoms with Crippen LogP contribution in [0.3, 0.4) is 0 Å². The van der Waals surface area contributed by atoms with E-state index in [1.165, 1.54) is 47.0 Å². The van der Waals surface area contributed by atoms with Gasteiger partial charge >= 0.3 is 5.97 Å². The zero-order chi connectivity index (χ0) is 16.6. The van der Waals surface area contributed by atoms with E-state index >= 15 is 0 Å². The number of nitrogens with zero attached hydrogens (tertiary/aromatic N) is 1. The predicted octanol–water partition coefficient (Wildman–Crippen LogP) is 2.94. The van der Waals surface area contributed by atoms with Crippen LogP contribution in [0.4, 0.5) is 0 Å². The molecule has 0 bridgehead atoms. The van der Waals surface area contributed by atoms with Crippen molar-refractivity contribution in [3.63, 3.8) is 0 Å². The number of fused-ring (bicyclic) bond motifs is 1. The second kappa shape index (κ2) is 6.24. The standard InChI is InChI=1S/C15H14ClNO4S2/c1-21-15(18)10-2-4-12(5-3-10)23(19,20)17-7-6-13-11(9-17)8-14(16)22-13/h2-5,8H,6-7,9H2,1H3. The largest absolute Gasteiger partial charge is 0.465 e. The van der Waals surface area contributed by atoms with Crippen molar-refractivity contribution >= 4 is 38.9 Å². The van der Waals surface area contributed by atoms with E-state index in [0.29, 0.717) is 29.4 Å². The normalized spacial score (nSPS) is 15.2. The number of rotatable bonds is 3. The Labute approximate surface area is 143 Å². The van der Waals surface area contributed by atoms with E-state index in [1.54, 1.807) is 0 Å². The quantitative estimate of drug-likeness (QED) is 0.778. The molecule has 2 heterocycles. The SMILES string of the molecule is COC(=O)c1ccc(S(=O)(=O)N2CCc3sc(Cl)cc3C2)cc1. The van der Waals surface area contributed by atoms with Crippen LogP contribution in [0.2, 0.25) is 4.34 Å². The molecule has 0 spiro atoms. The fourth-order valence-electron chi connectivity index (χ4n) is 2.51. The molecule has 8 heteroatoms. The van der Waals surface area contributed by atoms with Gasteiger partial charge in [0.1, 0.15) is 0 Å². The monoisotopic (exact) mass is 371 g/mol. The lowest BCUT2D eigenvalue weighted by Crippen LogP contribution is -2.35. The zero-order valence-electron chi connectivity index (χ0n) is 12.3. The molecule has 1 aromatic heterocycles. The molecule has 0 N–H and O–H groups in total. The number of esters is 1. The maximum absolute atomic E-state index is 12.7. The molecule has 1 aromatic carbocycles. The maximum atomic E-state index is 12.7. The van der Waals surface area contributed by atoms with Gasteiger partial charge in [0.05, 0.1) is 21.9 Å². The van der Waals surface area contributed by atoms with Gasteiger partial charge in [0.25, 0.3) is 0 Å². The number of halogens is 1. The van der Waals surface area contributed by atoms with E-state index in [-0.39, 0.29) is 4.90 Å². The van der Waals surface area contributed by atoms with Crippen molar-refractivity contribution < 1.29 is 17.9 Å². The van der Waals surface area contributed by atoms with Crippen LogP contribution < -0.4 is 0 Å². The molecule has 0 radical (unpaired) electrons. The first kappa shape index (κ1) is 16.4. The van der Waals surface area contributed by atoms with E-state index in [9.17, 15) is 13.2 Å². The van der Waals surface area contributed by atoms with Crippen LogP contribution in [0.5, 0.6) is 0 Å². The number of hydrogen-bond acceptors (Lipinski definition) is 5. The lowest BCUT2D eigenvalue weighted by atomic mass is 10.1. The van der Waals surface area contributed by atoms with Gasteiger partial charge in [-0.05, 0) is 42.3 Å². The Kier molecular flexibility index (Phi) is 4.46. The zero-order valence-corrected chi connectivity index (χ0v) is 14.7. The van der Waals surface area contributed by atoms with Crippen molar-refractivity contribution in [1.82, 2.24) is 4.31 Å². The van der Waals surface area contributed by atoms with Gasteiger partial charge in [-0.25, -0.2) is 13.2 Å². The average molecular weight is 372 g/mol. The Bertz CT molecular complexity index is 843. The number of methoxy groups -OCH3 is 1. The molecule has 0 saturated carbocycles. The van der Waals surface area contributed by atoms with Crippen molar-refractivity contribution in [2.24, 2.45) is 0 Å². The van der Waals surface area contributed by atoms with Gasteiger partial charge in [-0.15, -0.1) is 11.3 Å². The third-order valence-corrected chi connectivity index (χ3v) is 6.94. The van der Waals surface area contributed by atoms with Crippen molar-refractivity contribution in [2.75, 3.05) is 13.7 Å². The number of benzene rings is 1. The van der Waals surface area contributed by atoms with E-state index in [4.69, 9.17) is 11.6 Å². The highest BCUT2D eigenvalue weighted by atomic mass is 35.5. The number of carbonyl (C=O) groups excluding carboxylic acids is 1. The predicted molar refractivity (Wildman–Crippen MR) is 88.4 cm³/mol. The molecule has 3 rings (SSSR count). The fourth-order valence-corrected chi connectivity index (χ4v) is 5.22. The third kappa shape index (κ3) is 3.14. The Morgan fingerprint density at radius 1 is 1.30 bits per heavy atom. The van der Waals surface area contributed by atoms with Crippen molar-refractivity contribution in [1.29, 1.82) is 0 Å². The average Bonchev–Trinajstić information content (AvgIpc) is 2.93. The number of ether oxygens (including phenoxy) is 1. The summed E-state index contributed by atoms with van der Waals surface area (Å²) < 4.78 is 32.2. The number of carbonyl (C=O) groups is 1. The lowest BCUT2D eigenvalue weighted by molar-refractivity contribution is 0.0600. The summed E-state index contributed by atoms with van der Waals surface area (Å²) in [4.78, 5) is 12.7. The molecule has 0 fully saturated rings. The smallest absolute Gasteiger partial charge is 0.337 e. The molecule has 0 saturated heterocycles. The summed E-state index contributed by atoms with van der Waals surface area (Å²) in [6, 6.07) is 7.59. The lowest BCUT2D eigenvalue weighted by Gasteiger charge is -2.26. The van der Waals surface area contributed by atoms with Gasteiger partial charge in [0, 0.05) is 18.0 Å².